The lowest BCUT2D eigenvalue weighted by atomic mass is 9.98. The summed E-state index contributed by atoms with van der Waals surface area (Å²) in [6.45, 7) is 2.54. The van der Waals surface area contributed by atoms with Crippen LogP contribution in [0.15, 0.2) is 28.7 Å². The molecule has 13 heteroatoms. The zero-order valence-corrected chi connectivity index (χ0v) is 24.2. The Balaban J connectivity index is 0.000000840. The first-order valence-electron chi connectivity index (χ1n) is 12.4. The molecule has 1 amide bonds. The number of methoxy groups -OCH3 is 3. The molecular formula is C27H34BrFN2O9. The normalized spacial score (nSPS) is 12.3. The molecule has 0 fully saturated rings. The number of aliphatic carboxylic acids is 2. The van der Waals surface area contributed by atoms with Crippen molar-refractivity contribution in [2.75, 3.05) is 54.2 Å². The highest BCUT2D eigenvalue weighted by molar-refractivity contribution is 9.10. The molecule has 0 unspecified atom stereocenters. The number of fused-ring (bicyclic) bond motifs is 1. The SMILES string of the molecule is COc1cc2c(cc1OC)CN(CCCCNC(=O)c1cc(Br)cc(OC)c1OCCF)CC2.O=C(O)C(=O)O. The quantitative estimate of drug-likeness (QED) is 0.236. The van der Waals surface area contributed by atoms with Crippen LogP contribution in [-0.2, 0) is 22.6 Å². The van der Waals surface area contributed by atoms with E-state index in [2.05, 4.69) is 38.3 Å². The van der Waals surface area contributed by atoms with Gasteiger partial charge in [0.05, 0.1) is 26.9 Å². The number of amides is 1. The van der Waals surface area contributed by atoms with Crippen LogP contribution in [0.1, 0.15) is 34.3 Å². The Morgan fingerprint density at radius 2 is 1.57 bits per heavy atom. The number of carbonyl (C=O) groups excluding carboxylic acids is 1. The van der Waals surface area contributed by atoms with Gasteiger partial charge in [0.1, 0.15) is 13.3 Å². The van der Waals surface area contributed by atoms with Gasteiger partial charge in [0.2, 0.25) is 0 Å². The summed E-state index contributed by atoms with van der Waals surface area (Å²) in [7, 11) is 4.79. The van der Waals surface area contributed by atoms with E-state index < -0.39 is 18.6 Å². The summed E-state index contributed by atoms with van der Waals surface area (Å²) < 4.78 is 34.9. The van der Waals surface area contributed by atoms with Crippen molar-refractivity contribution in [1.29, 1.82) is 0 Å². The molecule has 1 aliphatic heterocycles. The lowest BCUT2D eigenvalue weighted by Gasteiger charge is -2.29. The van der Waals surface area contributed by atoms with Crippen LogP contribution in [-0.4, -0.2) is 87.2 Å². The fraction of sp³-hybridized carbons (Fsp3) is 0.444. The van der Waals surface area contributed by atoms with E-state index >= 15 is 0 Å². The number of carboxylic acids is 2. The van der Waals surface area contributed by atoms with Crippen LogP contribution >= 0.6 is 15.9 Å². The molecular weight excluding hydrogens is 595 g/mol. The van der Waals surface area contributed by atoms with Crippen molar-refractivity contribution in [3.8, 4) is 23.0 Å². The molecule has 2 aromatic rings. The topological polar surface area (TPSA) is 144 Å². The average Bonchev–Trinajstić information content (AvgIpc) is 2.95. The first-order chi connectivity index (χ1) is 19.1. The minimum Gasteiger partial charge on any atom is -0.493 e. The average molecular weight is 629 g/mol. The highest BCUT2D eigenvalue weighted by atomic mass is 79.9. The number of nitrogens with one attached hydrogen (secondary N) is 1. The maximum Gasteiger partial charge on any atom is 0.414 e. The Bertz CT molecular complexity index is 1170. The molecule has 0 aliphatic carbocycles. The van der Waals surface area contributed by atoms with Gasteiger partial charge in [0.25, 0.3) is 5.91 Å². The summed E-state index contributed by atoms with van der Waals surface area (Å²) in [5.41, 5.74) is 2.88. The molecule has 3 N–H and O–H groups in total. The Hall–Kier alpha value is -3.58. The zero-order valence-electron chi connectivity index (χ0n) is 22.6. The minimum absolute atomic E-state index is 0.143. The van der Waals surface area contributed by atoms with E-state index in [-0.39, 0.29) is 18.3 Å². The summed E-state index contributed by atoms with van der Waals surface area (Å²) in [4.78, 5) is 33.4. The number of alkyl halides is 1. The van der Waals surface area contributed by atoms with Crippen molar-refractivity contribution >= 4 is 33.8 Å². The fourth-order valence-corrected chi connectivity index (χ4v) is 4.51. The van der Waals surface area contributed by atoms with Crippen LogP contribution in [0.4, 0.5) is 4.39 Å². The van der Waals surface area contributed by atoms with Gasteiger partial charge in [0.15, 0.2) is 23.0 Å². The van der Waals surface area contributed by atoms with Gasteiger partial charge < -0.3 is 34.5 Å². The molecule has 2 aromatic carbocycles. The van der Waals surface area contributed by atoms with Crippen molar-refractivity contribution in [3.63, 3.8) is 0 Å². The lowest BCUT2D eigenvalue weighted by Crippen LogP contribution is -2.32. The molecule has 0 saturated carbocycles. The number of rotatable bonds is 12. The Morgan fingerprint density at radius 3 is 2.15 bits per heavy atom. The number of benzene rings is 2. The highest BCUT2D eigenvalue weighted by Crippen LogP contribution is 2.35. The number of carboxylic acid groups (broad SMARTS) is 2. The van der Waals surface area contributed by atoms with Crippen molar-refractivity contribution < 1.29 is 47.9 Å². The van der Waals surface area contributed by atoms with Crippen LogP contribution in [0, 0.1) is 0 Å². The van der Waals surface area contributed by atoms with Gasteiger partial charge in [-0.15, -0.1) is 0 Å². The third-order valence-electron chi connectivity index (χ3n) is 5.97. The van der Waals surface area contributed by atoms with E-state index in [0.29, 0.717) is 22.3 Å². The second-order valence-electron chi connectivity index (χ2n) is 8.60. The molecule has 1 aliphatic rings. The molecule has 40 heavy (non-hydrogen) atoms. The third kappa shape index (κ3) is 9.56. The number of unbranched alkanes of at least 4 members (excludes halogenated alkanes) is 1. The Kier molecular flexibility index (Phi) is 13.5. The first-order valence-corrected chi connectivity index (χ1v) is 13.2. The van der Waals surface area contributed by atoms with E-state index in [0.717, 1.165) is 50.4 Å². The van der Waals surface area contributed by atoms with Crippen LogP contribution < -0.4 is 24.3 Å². The Labute approximate surface area is 240 Å². The molecule has 11 nitrogen and oxygen atoms in total. The molecule has 0 aromatic heterocycles. The standard InChI is InChI=1S/C25H32BrFN2O5.C2H2O4/c1-31-21-12-17-6-10-29(16-18(17)13-22(21)32-2)9-5-4-8-28-25(30)20-14-19(26)15-23(33-3)24(20)34-11-7-27;3-1(4)2(5)6/h12-15H,4-11,16H2,1-3H3,(H,28,30);(H,3,4)(H,5,6). The molecule has 0 atom stereocenters. The van der Waals surface area contributed by atoms with Crippen molar-refractivity contribution in [2.24, 2.45) is 0 Å². The molecule has 0 saturated heterocycles. The predicted octanol–water partition coefficient (Wildman–Crippen LogP) is 3.55. The molecule has 0 bridgehead atoms. The third-order valence-corrected chi connectivity index (χ3v) is 6.43. The minimum atomic E-state index is -1.82. The highest BCUT2D eigenvalue weighted by Gasteiger charge is 2.20. The summed E-state index contributed by atoms with van der Waals surface area (Å²) in [5.74, 6) is -1.77. The smallest absolute Gasteiger partial charge is 0.414 e. The molecule has 0 spiro atoms. The second kappa shape index (κ2) is 16.5. The summed E-state index contributed by atoms with van der Waals surface area (Å²) in [6, 6.07) is 7.48. The largest absolute Gasteiger partial charge is 0.493 e. The van der Waals surface area contributed by atoms with Gasteiger partial charge in [-0.05, 0) is 61.2 Å². The first kappa shape index (κ1) is 32.6. The monoisotopic (exact) mass is 628 g/mol. The number of hydrogen-bond donors (Lipinski definition) is 3. The van der Waals surface area contributed by atoms with Crippen LogP contribution in [0.25, 0.3) is 0 Å². The summed E-state index contributed by atoms with van der Waals surface area (Å²) >= 11 is 3.38. The predicted molar refractivity (Wildman–Crippen MR) is 148 cm³/mol. The maximum atomic E-state index is 12.8. The lowest BCUT2D eigenvalue weighted by molar-refractivity contribution is -0.159. The molecule has 220 valence electrons. The van der Waals surface area contributed by atoms with Crippen molar-refractivity contribution in [2.45, 2.75) is 25.8 Å². The van der Waals surface area contributed by atoms with E-state index in [1.54, 1.807) is 26.4 Å². The second-order valence-corrected chi connectivity index (χ2v) is 9.51. The van der Waals surface area contributed by atoms with E-state index in [1.807, 2.05) is 0 Å². The van der Waals surface area contributed by atoms with Crippen LogP contribution in [0.2, 0.25) is 0 Å². The maximum absolute atomic E-state index is 12.8. The van der Waals surface area contributed by atoms with Crippen molar-refractivity contribution in [1.82, 2.24) is 10.2 Å². The molecule has 3 rings (SSSR count). The van der Waals surface area contributed by atoms with E-state index in [4.69, 9.17) is 38.7 Å². The number of hydrogen-bond acceptors (Lipinski definition) is 8. The van der Waals surface area contributed by atoms with Gasteiger partial charge >= 0.3 is 11.9 Å². The van der Waals surface area contributed by atoms with Crippen LogP contribution in [0.5, 0.6) is 23.0 Å². The Morgan fingerprint density at radius 1 is 0.950 bits per heavy atom. The molecule has 0 radical (unpaired) electrons. The van der Waals surface area contributed by atoms with Gasteiger partial charge in [-0.1, -0.05) is 15.9 Å². The zero-order chi connectivity index (χ0) is 29.7. The summed E-state index contributed by atoms with van der Waals surface area (Å²) in [5, 5.41) is 17.7. The summed E-state index contributed by atoms with van der Waals surface area (Å²) in [6.07, 6.45) is 2.77. The van der Waals surface area contributed by atoms with Gasteiger partial charge in [-0.3, -0.25) is 9.69 Å². The van der Waals surface area contributed by atoms with Gasteiger partial charge in [0, 0.05) is 24.1 Å². The van der Waals surface area contributed by atoms with Crippen molar-refractivity contribution in [3.05, 3.63) is 45.4 Å². The van der Waals surface area contributed by atoms with Gasteiger partial charge in [-0.2, -0.15) is 0 Å². The molecule has 1 heterocycles. The fourth-order valence-electron chi connectivity index (χ4n) is 4.07. The number of halogens is 2. The number of carbonyl (C=O) groups is 3. The number of nitrogens with zero attached hydrogens (tertiary/aromatic N) is 1. The van der Waals surface area contributed by atoms with Crippen LogP contribution in [0.3, 0.4) is 0 Å². The van der Waals surface area contributed by atoms with E-state index in [1.165, 1.54) is 18.2 Å². The number of ether oxygens (including phenoxy) is 4. The van der Waals surface area contributed by atoms with Gasteiger partial charge in [-0.25, -0.2) is 14.0 Å². The van der Waals surface area contributed by atoms with E-state index in [9.17, 15) is 9.18 Å².